The van der Waals surface area contributed by atoms with Crippen LogP contribution in [0.1, 0.15) is 27.0 Å². The van der Waals surface area contributed by atoms with Crippen LogP contribution in [0.15, 0.2) is 35.0 Å². The van der Waals surface area contributed by atoms with Gasteiger partial charge in [0.05, 0.1) is 5.56 Å². The number of carbonyl (C=O) groups excluding carboxylic acids is 1. The van der Waals surface area contributed by atoms with Crippen molar-refractivity contribution < 1.29 is 18.0 Å². The van der Waals surface area contributed by atoms with Gasteiger partial charge in [-0.2, -0.15) is 24.5 Å². The Morgan fingerprint density at radius 1 is 1.16 bits per heavy atom. The number of Topliss-reactive ketones (excluding diaryl/α,β-unsaturated/α-hetero) is 1. The number of hydrogen-bond acceptors (Lipinski definition) is 2. The van der Waals surface area contributed by atoms with E-state index >= 15 is 0 Å². The Kier molecular flexibility index (Phi) is 3.75. The van der Waals surface area contributed by atoms with Crippen LogP contribution in [0.2, 0.25) is 0 Å². The number of carbonyl (C=O) groups is 1. The van der Waals surface area contributed by atoms with Crippen LogP contribution in [0.3, 0.4) is 0 Å². The van der Waals surface area contributed by atoms with E-state index < -0.39 is 11.7 Å². The second-order valence-corrected chi connectivity index (χ2v) is 5.01. The lowest BCUT2D eigenvalue weighted by Gasteiger charge is -2.07. The van der Waals surface area contributed by atoms with Gasteiger partial charge in [-0.1, -0.05) is 12.1 Å². The number of ketones is 1. The van der Waals surface area contributed by atoms with E-state index in [0.717, 1.165) is 17.7 Å². The fourth-order valence-corrected chi connectivity index (χ4v) is 2.59. The molecular formula is C14H11F3OS. The van der Waals surface area contributed by atoms with Crippen LogP contribution in [0.25, 0.3) is 0 Å². The molecule has 0 unspecified atom stereocenters. The minimum atomic E-state index is -4.34. The van der Waals surface area contributed by atoms with E-state index in [1.807, 2.05) is 12.3 Å². The van der Waals surface area contributed by atoms with Crippen molar-refractivity contribution in [3.8, 4) is 0 Å². The van der Waals surface area contributed by atoms with Crippen LogP contribution in [0, 0.1) is 6.92 Å². The Morgan fingerprint density at radius 2 is 1.79 bits per heavy atom. The van der Waals surface area contributed by atoms with Crippen molar-refractivity contribution in [1.82, 2.24) is 0 Å². The van der Waals surface area contributed by atoms with Crippen LogP contribution in [-0.2, 0) is 12.6 Å². The summed E-state index contributed by atoms with van der Waals surface area (Å²) in [4.78, 5) is 12.0. The summed E-state index contributed by atoms with van der Waals surface area (Å²) in [5, 5.41) is 3.64. The number of rotatable bonds is 3. The van der Waals surface area contributed by atoms with Crippen molar-refractivity contribution in [3.63, 3.8) is 0 Å². The van der Waals surface area contributed by atoms with Gasteiger partial charge >= 0.3 is 6.18 Å². The number of alkyl halides is 3. The molecule has 0 N–H and O–H groups in total. The first kappa shape index (κ1) is 13.8. The second kappa shape index (κ2) is 5.17. The molecule has 0 saturated carbocycles. The average Bonchev–Trinajstić information content (AvgIpc) is 2.75. The van der Waals surface area contributed by atoms with Crippen molar-refractivity contribution in [3.05, 3.63) is 57.3 Å². The first-order chi connectivity index (χ1) is 8.88. The van der Waals surface area contributed by atoms with Gasteiger partial charge in [-0.15, -0.1) is 0 Å². The lowest BCUT2D eigenvalue weighted by molar-refractivity contribution is -0.137. The number of halogens is 3. The molecule has 1 aromatic heterocycles. The van der Waals surface area contributed by atoms with Gasteiger partial charge in [-0.25, -0.2) is 0 Å². The lowest BCUT2D eigenvalue weighted by atomic mass is 10.0. The summed E-state index contributed by atoms with van der Waals surface area (Å²) in [6.45, 7) is 1.84. The van der Waals surface area contributed by atoms with Gasteiger partial charge in [0.25, 0.3) is 0 Å². The summed E-state index contributed by atoms with van der Waals surface area (Å²) < 4.78 is 37.2. The standard InChI is InChI=1S/C14H11F3OS/c1-9-7-19-8-12(9)13(18)6-10-2-4-11(5-3-10)14(15,16)17/h2-5,7-8H,6H2,1H3. The van der Waals surface area contributed by atoms with Crippen LogP contribution >= 0.6 is 11.3 Å². The summed E-state index contributed by atoms with van der Waals surface area (Å²) in [6.07, 6.45) is -4.22. The van der Waals surface area contributed by atoms with Gasteiger partial charge in [0, 0.05) is 17.4 Å². The van der Waals surface area contributed by atoms with Crippen molar-refractivity contribution in [2.75, 3.05) is 0 Å². The molecule has 1 heterocycles. The highest BCUT2D eigenvalue weighted by Gasteiger charge is 2.29. The summed E-state index contributed by atoms with van der Waals surface area (Å²) in [5.41, 5.74) is 1.44. The van der Waals surface area contributed by atoms with Crippen molar-refractivity contribution in [2.45, 2.75) is 19.5 Å². The van der Waals surface area contributed by atoms with E-state index in [0.29, 0.717) is 11.1 Å². The van der Waals surface area contributed by atoms with Crippen LogP contribution in [0.4, 0.5) is 13.2 Å². The van der Waals surface area contributed by atoms with Gasteiger partial charge < -0.3 is 0 Å². The average molecular weight is 284 g/mol. The van der Waals surface area contributed by atoms with Crippen LogP contribution < -0.4 is 0 Å². The van der Waals surface area contributed by atoms with E-state index in [1.165, 1.54) is 23.5 Å². The first-order valence-corrected chi connectivity index (χ1v) is 6.54. The zero-order chi connectivity index (χ0) is 14.0. The third-order valence-corrected chi connectivity index (χ3v) is 3.66. The topological polar surface area (TPSA) is 17.1 Å². The molecular weight excluding hydrogens is 273 g/mol. The highest BCUT2D eigenvalue weighted by Crippen LogP contribution is 2.29. The van der Waals surface area contributed by atoms with Crippen molar-refractivity contribution in [1.29, 1.82) is 0 Å². The molecule has 0 aliphatic heterocycles. The second-order valence-electron chi connectivity index (χ2n) is 4.26. The molecule has 1 nitrogen and oxygen atoms in total. The molecule has 19 heavy (non-hydrogen) atoms. The SMILES string of the molecule is Cc1cscc1C(=O)Cc1ccc(C(F)(F)F)cc1. The van der Waals surface area contributed by atoms with E-state index in [1.54, 1.807) is 5.38 Å². The fourth-order valence-electron chi connectivity index (χ4n) is 1.74. The summed E-state index contributed by atoms with van der Waals surface area (Å²) in [6, 6.07) is 4.71. The molecule has 0 bridgehead atoms. The number of aryl methyl sites for hydroxylation is 1. The van der Waals surface area contributed by atoms with Crippen LogP contribution in [0.5, 0.6) is 0 Å². The largest absolute Gasteiger partial charge is 0.416 e. The van der Waals surface area contributed by atoms with Crippen molar-refractivity contribution in [2.24, 2.45) is 0 Å². The molecule has 0 fully saturated rings. The molecule has 0 saturated heterocycles. The summed E-state index contributed by atoms with van der Waals surface area (Å²) >= 11 is 1.44. The van der Waals surface area contributed by atoms with Gasteiger partial charge in [-0.3, -0.25) is 4.79 Å². The quantitative estimate of drug-likeness (QED) is 0.758. The highest BCUT2D eigenvalue weighted by atomic mass is 32.1. The minimum Gasteiger partial charge on any atom is -0.294 e. The Balaban J connectivity index is 2.12. The zero-order valence-corrected chi connectivity index (χ0v) is 10.9. The Labute approximate surface area is 112 Å². The van der Waals surface area contributed by atoms with Gasteiger partial charge in [0.2, 0.25) is 0 Å². The molecule has 2 aromatic rings. The van der Waals surface area contributed by atoms with Gasteiger partial charge in [0.15, 0.2) is 5.78 Å². The van der Waals surface area contributed by atoms with Crippen LogP contribution in [-0.4, -0.2) is 5.78 Å². The molecule has 5 heteroatoms. The number of thiophene rings is 1. The first-order valence-electron chi connectivity index (χ1n) is 5.60. The molecule has 0 amide bonds. The Bertz CT molecular complexity index is 581. The molecule has 100 valence electrons. The molecule has 1 aromatic carbocycles. The zero-order valence-electron chi connectivity index (χ0n) is 10.1. The molecule has 0 aliphatic carbocycles. The highest BCUT2D eigenvalue weighted by molar-refractivity contribution is 7.08. The smallest absolute Gasteiger partial charge is 0.294 e. The maximum absolute atomic E-state index is 12.4. The van der Waals surface area contributed by atoms with E-state index in [-0.39, 0.29) is 12.2 Å². The van der Waals surface area contributed by atoms with Crippen molar-refractivity contribution >= 4 is 17.1 Å². The minimum absolute atomic E-state index is 0.0708. The van der Waals surface area contributed by atoms with Gasteiger partial charge in [-0.05, 0) is 35.6 Å². The van der Waals surface area contributed by atoms with E-state index in [2.05, 4.69) is 0 Å². The fraction of sp³-hybridized carbons (Fsp3) is 0.214. The number of hydrogen-bond donors (Lipinski definition) is 0. The molecule has 0 atom stereocenters. The molecule has 0 spiro atoms. The molecule has 0 aliphatic rings. The monoisotopic (exact) mass is 284 g/mol. The van der Waals surface area contributed by atoms with Gasteiger partial charge in [0.1, 0.15) is 0 Å². The Morgan fingerprint density at radius 3 is 2.26 bits per heavy atom. The Hall–Kier alpha value is -1.62. The predicted molar refractivity (Wildman–Crippen MR) is 68.5 cm³/mol. The van der Waals surface area contributed by atoms with E-state index in [4.69, 9.17) is 0 Å². The lowest BCUT2D eigenvalue weighted by Crippen LogP contribution is -2.06. The summed E-state index contributed by atoms with van der Waals surface area (Å²) in [5.74, 6) is -0.0708. The van der Waals surface area contributed by atoms with E-state index in [9.17, 15) is 18.0 Å². The molecule has 2 rings (SSSR count). The maximum Gasteiger partial charge on any atom is 0.416 e. The maximum atomic E-state index is 12.4. The summed E-state index contributed by atoms with van der Waals surface area (Å²) in [7, 11) is 0. The molecule has 0 radical (unpaired) electrons. The predicted octanol–water partition coefficient (Wildman–Crippen LogP) is 4.50. The third kappa shape index (κ3) is 3.23. The third-order valence-electron chi connectivity index (χ3n) is 2.80. The number of benzene rings is 1. The normalized spacial score (nSPS) is 11.6.